The Balaban J connectivity index is 1.88. The van der Waals surface area contributed by atoms with Crippen LogP contribution in [0.15, 0.2) is 49.1 Å². The Morgan fingerprint density at radius 1 is 1.16 bits per heavy atom. The summed E-state index contributed by atoms with van der Waals surface area (Å²) in [5.74, 6) is -1.16. The molecule has 0 aromatic heterocycles. The molecule has 0 bridgehead atoms. The van der Waals surface area contributed by atoms with Crippen LogP contribution in [-0.2, 0) is 0 Å². The van der Waals surface area contributed by atoms with Crippen LogP contribution in [0.1, 0.15) is 36.6 Å². The highest BCUT2D eigenvalue weighted by Crippen LogP contribution is 2.25. The van der Waals surface area contributed by atoms with Crippen LogP contribution in [0, 0.1) is 6.92 Å². The first kappa shape index (κ1) is 16.9. The second-order valence-corrected chi connectivity index (χ2v) is 6.12. The number of nitrogens with one attached hydrogen (secondary N) is 1. The normalized spacial score (nSPS) is 13.0. The molecule has 5 nitrogen and oxygen atoms in total. The zero-order valence-corrected chi connectivity index (χ0v) is 14.3. The van der Waals surface area contributed by atoms with Crippen molar-refractivity contribution in [2.75, 3.05) is 11.9 Å². The van der Waals surface area contributed by atoms with Crippen molar-refractivity contribution >= 4 is 35.0 Å². The molecule has 0 aliphatic carbocycles. The predicted octanol–water partition coefficient (Wildman–Crippen LogP) is 3.68. The second-order valence-electron chi connectivity index (χ2n) is 5.68. The third-order valence-electron chi connectivity index (χ3n) is 3.98. The van der Waals surface area contributed by atoms with Crippen molar-refractivity contribution in [2.24, 2.45) is 0 Å². The van der Waals surface area contributed by atoms with E-state index in [0.29, 0.717) is 21.8 Å². The van der Waals surface area contributed by atoms with Gasteiger partial charge in [-0.2, -0.15) is 0 Å². The van der Waals surface area contributed by atoms with Crippen molar-refractivity contribution in [3.8, 4) is 0 Å². The number of amides is 3. The molecule has 1 aliphatic rings. The average molecular weight is 355 g/mol. The SMILES string of the molecule is C=CCN1C(=O)c2ccc(C(=O)Nc3ccc(Cl)cc3C)cc2C1=O. The van der Waals surface area contributed by atoms with Crippen molar-refractivity contribution in [3.05, 3.63) is 76.3 Å². The van der Waals surface area contributed by atoms with E-state index in [2.05, 4.69) is 11.9 Å². The minimum atomic E-state index is -0.419. The Bertz CT molecular complexity index is 921. The Morgan fingerprint density at radius 3 is 2.56 bits per heavy atom. The topological polar surface area (TPSA) is 66.5 Å². The summed E-state index contributed by atoms with van der Waals surface area (Å²) >= 11 is 5.91. The van der Waals surface area contributed by atoms with Crippen molar-refractivity contribution in [1.82, 2.24) is 4.90 Å². The molecule has 0 radical (unpaired) electrons. The number of anilines is 1. The van der Waals surface area contributed by atoms with Gasteiger partial charge in [0, 0.05) is 22.8 Å². The van der Waals surface area contributed by atoms with Gasteiger partial charge in [0.05, 0.1) is 11.1 Å². The number of rotatable bonds is 4. The van der Waals surface area contributed by atoms with Crippen LogP contribution in [0.2, 0.25) is 5.02 Å². The van der Waals surface area contributed by atoms with Crippen LogP contribution in [0.5, 0.6) is 0 Å². The van der Waals surface area contributed by atoms with Crippen LogP contribution in [0.4, 0.5) is 5.69 Å². The van der Waals surface area contributed by atoms with Gasteiger partial charge in [-0.05, 0) is 48.9 Å². The molecule has 6 heteroatoms. The highest BCUT2D eigenvalue weighted by molar-refractivity contribution is 6.30. The van der Waals surface area contributed by atoms with Crippen molar-refractivity contribution in [2.45, 2.75) is 6.92 Å². The Kier molecular flexibility index (Phi) is 4.42. The molecule has 3 rings (SSSR count). The molecule has 0 atom stereocenters. The monoisotopic (exact) mass is 354 g/mol. The molecule has 25 heavy (non-hydrogen) atoms. The molecule has 2 aromatic carbocycles. The maximum atomic E-state index is 12.5. The Hall–Kier alpha value is -2.92. The highest BCUT2D eigenvalue weighted by atomic mass is 35.5. The van der Waals surface area contributed by atoms with Gasteiger partial charge >= 0.3 is 0 Å². The number of halogens is 1. The molecule has 0 saturated carbocycles. The molecule has 1 aliphatic heterocycles. The molecule has 0 fully saturated rings. The summed E-state index contributed by atoms with van der Waals surface area (Å²) in [6.45, 7) is 5.51. The van der Waals surface area contributed by atoms with Crippen molar-refractivity contribution in [1.29, 1.82) is 0 Å². The van der Waals surface area contributed by atoms with Crippen LogP contribution >= 0.6 is 11.6 Å². The van der Waals surface area contributed by atoms with E-state index in [9.17, 15) is 14.4 Å². The minimum absolute atomic E-state index is 0.137. The second kappa shape index (κ2) is 6.53. The molecular formula is C19H15ClN2O3. The van der Waals surface area contributed by atoms with E-state index in [-0.39, 0.29) is 23.9 Å². The van der Waals surface area contributed by atoms with Crippen LogP contribution in [-0.4, -0.2) is 29.2 Å². The Morgan fingerprint density at radius 2 is 1.88 bits per heavy atom. The van der Waals surface area contributed by atoms with E-state index in [1.165, 1.54) is 24.3 Å². The van der Waals surface area contributed by atoms with E-state index in [1.807, 2.05) is 6.92 Å². The van der Waals surface area contributed by atoms with Gasteiger partial charge in [0.25, 0.3) is 17.7 Å². The molecule has 0 unspecified atom stereocenters. The standard InChI is InChI=1S/C19H15ClN2O3/c1-3-8-22-18(24)14-6-4-12(10-15(14)19(22)25)17(23)21-16-7-5-13(20)9-11(16)2/h3-7,9-10H,1,8H2,2H3,(H,21,23). The average Bonchev–Trinajstić information content (AvgIpc) is 2.82. The number of aryl methyl sites for hydroxylation is 1. The first-order valence-corrected chi connectivity index (χ1v) is 7.99. The van der Waals surface area contributed by atoms with Gasteiger partial charge in [-0.25, -0.2) is 0 Å². The number of nitrogens with zero attached hydrogens (tertiary/aromatic N) is 1. The lowest BCUT2D eigenvalue weighted by Gasteiger charge is -2.09. The number of hydrogen-bond acceptors (Lipinski definition) is 3. The van der Waals surface area contributed by atoms with E-state index in [1.54, 1.807) is 18.2 Å². The maximum absolute atomic E-state index is 12.5. The number of carbonyl (C=O) groups excluding carboxylic acids is 3. The number of fused-ring (bicyclic) bond motifs is 1. The zero-order chi connectivity index (χ0) is 18.1. The molecule has 1 heterocycles. The highest BCUT2D eigenvalue weighted by Gasteiger charge is 2.35. The van der Waals surface area contributed by atoms with Crippen LogP contribution in [0.3, 0.4) is 0 Å². The third kappa shape index (κ3) is 3.06. The number of hydrogen-bond donors (Lipinski definition) is 1. The summed E-state index contributed by atoms with van der Waals surface area (Å²) in [6, 6.07) is 9.62. The number of imide groups is 1. The fourth-order valence-electron chi connectivity index (χ4n) is 2.69. The molecular weight excluding hydrogens is 340 g/mol. The summed E-state index contributed by atoms with van der Waals surface area (Å²) in [6.07, 6.45) is 1.48. The lowest BCUT2D eigenvalue weighted by molar-refractivity contribution is 0.0672. The van der Waals surface area contributed by atoms with Gasteiger partial charge in [-0.3, -0.25) is 19.3 Å². The molecule has 126 valence electrons. The minimum Gasteiger partial charge on any atom is -0.322 e. The largest absolute Gasteiger partial charge is 0.322 e. The van der Waals surface area contributed by atoms with E-state index >= 15 is 0 Å². The Labute approximate surface area is 149 Å². The van der Waals surface area contributed by atoms with Gasteiger partial charge in [-0.1, -0.05) is 17.7 Å². The van der Waals surface area contributed by atoms with Gasteiger partial charge in [-0.15, -0.1) is 6.58 Å². The first-order chi connectivity index (χ1) is 11.9. The summed E-state index contributed by atoms with van der Waals surface area (Å²) in [7, 11) is 0. The molecule has 2 aromatic rings. The van der Waals surface area contributed by atoms with Crippen LogP contribution in [0.25, 0.3) is 0 Å². The van der Waals surface area contributed by atoms with Gasteiger partial charge in [0.15, 0.2) is 0 Å². The van der Waals surface area contributed by atoms with E-state index < -0.39 is 5.91 Å². The fourth-order valence-corrected chi connectivity index (χ4v) is 2.92. The lowest BCUT2D eigenvalue weighted by Crippen LogP contribution is -2.29. The zero-order valence-electron chi connectivity index (χ0n) is 13.5. The van der Waals surface area contributed by atoms with Gasteiger partial charge < -0.3 is 5.32 Å². The molecule has 1 N–H and O–H groups in total. The maximum Gasteiger partial charge on any atom is 0.261 e. The molecule has 0 saturated heterocycles. The lowest BCUT2D eigenvalue weighted by atomic mass is 10.0. The van der Waals surface area contributed by atoms with Gasteiger partial charge in [0.2, 0.25) is 0 Å². The molecule has 3 amide bonds. The summed E-state index contributed by atoms with van der Waals surface area (Å²) < 4.78 is 0. The fraction of sp³-hybridized carbons (Fsp3) is 0.105. The quantitative estimate of drug-likeness (QED) is 0.672. The summed E-state index contributed by atoms with van der Waals surface area (Å²) in [4.78, 5) is 38.1. The van der Waals surface area contributed by atoms with Gasteiger partial charge in [0.1, 0.15) is 0 Å². The van der Waals surface area contributed by atoms with Crippen molar-refractivity contribution < 1.29 is 14.4 Å². The third-order valence-corrected chi connectivity index (χ3v) is 4.22. The van der Waals surface area contributed by atoms with E-state index in [0.717, 1.165) is 10.5 Å². The number of carbonyl (C=O) groups is 3. The van der Waals surface area contributed by atoms with E-state index in [4.69, 9.17) is 11.6 Å². The predicted molar refractivity (Wildman–Crippen MR) is 96.1 cm³/mol. The molecule has 0 spiro atoms. The summed E-state index contributed by atoms with van der Waals surface area (Å²) in [5, 5.41) is 3.37. The number of benzene rings is 2. The first-order valence-electron chi connectivity index (χ1n) is 7.61. The summed E-state index contributed by atoms with van der Waals surface area (Å²) in [5.41, 5.74) is 2.28. The van der Waals surface area contributed by atoms with Crippen LogP contribution < -0.4 is 5.32 Å². The van der Waals surface area contributed by atoms with Crippen molar-refractivity contribution in [3.63, 3.8) is 0 Å². The smallest absolute Gasteiger partial charge is 0.261 e.